The van der Waals surface area contributed by atoms with Gasteiger partial charge in [0.15, 0.2) is 0 Å². The van der Waals surface area contributed by atoms with Crippen LogP contribution in [0.25, 0.3) is 11.3 Å². The maximum atomic E-state index is 9.02. The molecular weight excluding hydrogens is 198 g/mol. The summed E-state index contributed by atoms with van der Waals surface area (Å²) in [4.78, 5) is 4.00. The predicted molar refractivity (Wildman–Crippen MR) is 62.8 cm³/mol. The largest absolute Gasteiger partial charge is 0.344 e. The molecule has 0 unspecified atom stereocenters. The molecule has 80 valence electrons. The molecule has 0 atom stereocenters. The Morgan fingerprint density at radius 2 is 2.06 bits per heavy atom. The predicted octanol–water partition coefficient (Wildman–Crippen LogP) is 2.75. The van der Waals surface area contributed by atoms with E-state index in [9.17, 15) is 0 Å². The van der Waals surface area contributed by atoms with Crippen molar-refractivity contribution >= 4 is 0 Å². The van der Waals surface area contributed by atoms with Crippen LogP contribution in [0.15, 0.2) is 30.6 Å². The van der Waals surface area contributed by atoms with Gasteiger partial charge in [-0.1, -0.05) is 0 Å². The summed E-state index contributed by atoms with van der Waals surface area (Å²) < 4.78 is 2.15. The Kier molecular flexibility index (Phi) is 2.74. The lowest BCUT2D eigenvalue weighted by Crippen LogP contribution is -1.99. The van der Waals surface area contributed by atoms with E-state index in [4.69, 9.17) is 5.26 Å². The first-order chi connectivity index (χ1) is 7.77. The summed E-state index contributed by atoms with van der Waals surface area (Å²) in [5, 5.41) is 9.02. The van der Waals surface area contributed by atoms with Crippen LogP contribution in [-0.2, 0) is 6.54 Å². The van der Waals surface area contributed by atoms with Crippen molar-refractivity contribution in [3.63, 3.8) is 0 Å². The van der Waals surface area contributed by atoms with Crippen LogP contribution in [0.3, 0.4) is 0 Å². The van der Waals surface area contributed by atoms with E-state index in [2.05, 4.69) is 22.5 Å². The van der Waals surface area contributed by atoms with Crippen molar-refractivity contribution in [2.24, 2.45) is 0 Å². The normalized spacial score (nSPS) is 10.1. The molecular formula is C13H13N3. The van der Waals surface area contributed by atoms with Gasteiger partial charge in [0.25, 0.3) is 0 Å². The van der Waals surface area contributed by atoms with Crippen molar-refractivity contribution in [2.75, 3.05) is 0 Å². The van der Waals surface area contributed by atoms with Crippen LogP contribution in [0, 0.1) is 18.3 Å². The zero-order chi connectivity index (χ0) is 11.5. The highest BCUT2D eigenvalue weighted by Crippen LogP contribution is 2.24. The molecule has 16 heavy (non-hydrogen) atoms. The van der Waals surface area contributed by atoms with Gasteiger partial charge in [0.2, 0.25) is 0 Å². The van der Waals surface area contributed by atoms with Gasteiger partial charge in [0.1, 0.15) is 6.07 Å². The molecule has 0 radical (unpaired) electrons. The molecule has 2 aromatic heterocycles. The van der Waals surface area contributed by atoms with Gasteiger partial charge < -0.3 is 4.57 Å². The first-order valence-corrected chi connectivity index (χ1v) is 5.28. The lowest BCUT2D eigenvalue weighted by atomic mass is 10.2. The third-order valence-electron chi connectivity index (χ3n) is 2.78. The van der Waals surface area contributed by atoms with Gasteiger partial charge in [-0.2, -0.15) is 5.26 Å². The fourth-order valence-corrected chi connectivity index (χ4v) is 1.93. The molecule has 0 saturated carbocycles. The van der Waals surface area contributed by atoms with E-state index in [-0.39, 0.29) is 0 Å². The monoisotopic (exact) mass is 211 g/mol. The maximum Gasteiger partial charge on any atom is 0.101 e. The van der Waals surface area contributed by atoms with Crippen LogP contribution in [0.4, 0.5) is 0 Å². The molecule has 3 heteroatoms. The molecule has 0 aliphatic carbocycles. The van der Waals surface area contributed by atoms with Crippen LogP contribution >= 0.6 is 0 Å². The quantitative estimate of drug-likeness (QED) is 0.766. The Morgan fingerprint density at radius 3 is 2.62 bits per heavy atom. The maximum absolute atomic E-state index is 9.02. The molecule has 0 spiro atoms. The minimum atomic E-state index is 0.744. The van der Waals surface area contributed by atoms with Crippen LogP contribution in [0.1, 0.15) is 18.2 Å². The van der Waals surface area contributed by atoms with E-state index in [1.807, 2.05) is 25.1 Å². The third kappa shape index (κ3) is 1.59. The Balaban J connectivity index is 2.62. The number of hydrogen-bond acceptors (Lipinski definition) is 2. The van der Waals surface area contributed by atoms with Crippen molar-refractivity contribution < 1.29 is 0 Å². The second kappa shape index (κ2) is 4.19. The van der Waals surface area contributed by atoms with Crippen LogP contribution < -0.4 is 0 Å². The van der Waals surface area contributed by atoms with Gasteiger partial charge in [-0.15, -0.1) is 0 Å². The van der Waals surface area contributed by atoms with E-state index < -0.39 is 0 Å². The lowest BCUT2D eigenvalue weighted by Gasteiger charge is -2.08. The summed E-state index contributed by atoms with van der Waals surface area (Å²) in [6, 6.07) is 8.08. The van der Waals surface area contributed by atoms with Gasteiger partial charge >= 0.3 is 0 Å². The zero-order valence-corrected chi connectivity index (χ0v) is 9.44. The molecule has 0 bridgehead atoms. The number of aromatic nitrogens is 2. The van der Waals surface area contributed by atoms with Crippen molar-refractivity contribution in [3.8, 4) is 17.3 Å². The van der Waals surface area contributed by atoms with Crippen LogP contribution in [-0.4, -0.2) is 9.55 Å². The van der Waals surface area contributed by atoms with Gasteiger partial charge in [-0.25, -0.2) is 0 Å². The standard InChI is InChI=1S/C13H13N3/c1-3-16-10(2)12(9-14)8-13(16)11-4-6-15-7-5-11/h4-8H,3H2,1-2H3. The summed E-state index contributed by atoms with van der Waals surface area (Å²) in [5.74, 6) is 0. The van der Waals surface area contributed by atoms with Crippen molar-refractivity contribution in [1.29, 1.82) is 5.26 Å². The second-order valence-electron chi connectivity index (χ2n) is 3.62. The Labute approximate surface area is 95.0 Å². The summed E-state index contributed by atoms with van der Waals surface area (Å²) in [6.45, 7) is 4.93. The topological polar surface area (TPSA) is 41.6 Å². The third-order valence-corrected chi connectivity index (χ3v) is 2.78. The minimum absolute atomic E-state index is 0.744. The van der Waals surface area contributed by atoms with E-state index >= 15 is 0 Å². The van der Waals surface area contributed by atoms with E-state index in [1.54, 1.807) is 12.4 Å². The van der Waals surface area contributed by atoms with Crippen molar-refractivity contribution in [3.05, 3.63) is 41.9 Å². The van der Waals surface area contributed by atoms with Crippen molar-refractivity contribution in [2.45, 2.75) is 20.4 Å². The molecule has 0 N–H and O–H groups in total. The Morgan fingerprint density at radius 1 is 1.38 bits per heavy atom. The molecule has 2 heterocycles. The average Bonchev–Trinajstić information content (AvgIpc) is 2.66. The lowest BCUT2D eigenvalue weighted by molar-refractivity contribution is 0.749. The van der Waals surface area contributed by atoms with E-state index in [1.165, 1.54) is 0 Å². The van der Waals surface area contributed by atoms with Gasteiger partial charge in [-0.3, -0.25) is 4.98 Å². The molecule has 2 aromatic rings. The number of rotatable bonds is 2. The average molecular weight is 211 g/mol. The fourth-order valence-electron chi connectivity index (χ4n) is 1.93. The van der Waals surface area contributed by atoms with E-state index in [0.717, 1.165) is 29.1 Å². The summed E-state index contributed by atoms with van der Waals surface area (Å²) >= 11 is 0. The highest BCUT2D eigenvalue weighted by Gasteiger charge is 2.11. The number of pyridine rings is 1. The number of nitriles is 1. The van der Waals surface area contributed by atoms with E-state index in [0.29, 0.717) is 0 Å². The molecule has 0 amide bonds. The minimum Gasteiger partial charge on any atom is -0.344 e. The summed E-state index contributed by atoms with van der Waals surface area (Å²) in [7, 11) is 0. The summed E-state index contributed by atoms with van der Waals surface area (Å²) in [6.07, 6.45) is 3.54. The highest BCUT2D eigenvalue weighted by molar-refractivity contribution is 5.63. The van der Waals surface area contributed by atoms with Gasteiger partial charge in [-0.05, 0) is 32.0 Å². The first kappa shape index (κ1) is 10.4. The molecule has 0 fully saturated rings. The molecule has 3 nitrogen and oxygen atoms in total. The number of nitrogens with zero attached hydrogens (tertiary/aromatic N) is 3. The zero-order valence-electron chi connectivity index (χ0n) is 9.44. The second-order valence-corrected chi connectivity index (χ2v) is 3.62. The van der Waals surface area contributed by atoms with Crippen LogP contribution in [0.2, 0.25) is 0 Å². The SMILES string of the molecule is CCn1c(-c2ccncc2)cc(C#N)c1C. The Hall–Kier alpha value is -2.08. The first-order valence-electron chi connectivity index (χ1n) is 5.28. The van der Waals surface area contributed by atoms with Gasteiger partial charge in [0.05, 0.1) is 5.56 Å². The summed E-state index contributed by atoms with van der Waals surface area (Å²) in [5.41, 5.74) is 3.95. The number of hydrogen-bond donors (Lipinski definition) is 0. The molecule has 0 aromatic carbocycles. The molecule has 0 aliphatic rings. The highest BCUT2D eigenvalue weighted by atomic mass is 15.0. The fraction of sp³-hybridized carbons (Fsp3) is 0.231. The molecule has 0 aliphatic heterocycles. The molecule has 0 saturated heterocycles. The van der Waals surface area contributed by atoms with Crippen LogP contribution in [0.5, 0.6) is 0 Å². The smallest absolute Gasteiger partial charge is 0.101 e. The van der Waals surface area contributed by atoms with Crippen molar-refractivity contribution in [1.82, 2.24) is 9.55 Å². The molecule has 2 rings (SSSR count). The Bertz CT molecular complexity index is 532. The van der Waals surface area contributed by atoms with Gasteiger partial charge in [0, 0.05) is 35.9 Å².